The Labute approximate surface area is 153 Å². The minimum atomic E-state index is 0.235. The van der Waals surface area contributed by atoms with Gasteiger partial charge in [-0.15, -0.1) is 0 Å². The van der Waals surface area contributed by atoms with Gasteiger partial charge in [0, 0.05) is 19.6 Å². The number of aliphatic hydroxyl groups excluding tert-OH is 1. The minimum Gasteiger partial charge on any atom is -0.396 e. The van der Waals surface area contributed by atoms with E-state index in [0.717, 1.165) is 30.7 Å². The van der Waals surface area contributed by atoms with Crippen LogP contribution < -0.4 is 0 Å². The van der Waals surface area contributed by atoms with Crippen LogP contribution in [0.15, 0.2) is 12.1 Å². The molecule has 1 N–H and O–H groups in total. The van der Waals surface area contributed by atoms with Crippen LogP contribution in [0.5, 0.6) is 0 Å². The zero-order valence-electron chi connectivity index (χ0n) is 16.5. The molecule has 2 aromatic rings. The van der Waals surface area contributed by atoms with E-state index in [0.29, 0.717) is 0 Å². The molecule has 0 saturated heterocycles. The third-order valence-electron chi connectivity index (χ3n) is 5.24. The number of aliphatic hydroxyl groups is 1. The summed E-state index contributed by atoms with van der Waals surface area (Å²) in [5.74, 6) is 1.14. The highest BCUT2D eigenvalue weighted by atomic mass is 16.2. The number of nitrogens with zero attached hydrogens (tertiary/aromatic N) is 2. The van der Waals surface area contributed by atoms with Gasteiger partial charge in [0.1, 0.15) is 5.82 Å². The summed E-state index contributed by atoms with van der Waals surface area (Å²) < 4.78 is 2.40. The summed E-state index contributed by atoms with van der Waals surface area (Å²) in [4.78, 5) is 4.85. The van der Waals surface area contributed by atoms with Crippen LogP contribution in [-0.4, -0.2) is 21.3 Å². The Bertz CT molecular complexity index is 645. The third-order valence-corrected chi connectivity index (χ3v) is 5.24. The molecule has 1 aromatic carbocycles. The molecule has 0 unspecified atom stereocenters. The van der Waals surface area contributed by atoms with E-state index in [4.69, 9.17) is 4.98 Å². The van der Waals surface area contributed by atoms with Gasteiger partial charge in [-0.25, -0.2) is 4.98 Å². The normalized spacial score (nSPS) is 11.5. The minimum absolute atomic E-state index is 0.235. The lowest BCUT2D eigenvalue weighted by molar-refractivity contribution is 0.287. The van der Waals surface area contributed by atoms with Gasteiger partial charge in [-0.1, -0.05) is 51.9 Å². The van der Waals surface area contributed by atoms with Crippen molar-refractivity contribution < 1.29 is 5.11 Å². The van der Waals surface area contributed by atoms with Crippen molar-refractivity contribution in [3.63, 3.8) is 0 Å². The lowest BCUT2D eigenvalue weighted by Crippen LogP contribution is -2.05. The van der Waals surface area contributed by atoms with Crippen LogP contribution >= 0.6 is 0 Å². The zero-order chi connectivity index (χ0) is 18.1. The predicted octanol–water partition coefficient (Wildman–Crippen LogP) is 5.72. The molecule has 1 aromatic heterocycles. The van der Waals surface area contributed by atoms with Gasteiger partial charge in [0.2, 0.25) is 0 Å². The van der Waals surface area contributed by atoms with Crippen molar-refractivity contribution in [2.24, 2.45) is 0 Å². The summed E-state index contributed by atoms with van der Waals surface area (Å²) in [6.45, 7) is 7.89. The molecule has 0 spiro atoms. The SMILES string of the molecule is CCCCCCCCCCn1c(CCCO)nc2cc(C)c(C)cc21. The Morgan fingerprint density at radius 2 is 1.52 bits per heavy atom. The molecule has 0 aliphatic heterocycles. The lowest BCUT2D eigenvalue weighted by Gasteiger charge is -2.10. The molecule has 1 heterocycles. The van der Waals surface area contributed by atoms with Crippen molar-refractivity contribution in [1.29, 1.82) is 0 Å². The first-order valence-corrected chi connectivity index (χ1v) is 10.2. The Morgan fingerprint density at radius 3 is 2.20 bits per heavy atom. The molecular formula is C22H36N2O. The van der Waals surface area contributed by atoms with Crippen LogP contribution in [0.1, 0.15) is 81.7 Å². The van der Waals surface area contributed by atoms with Crippen LogP contribution in [-0.2, 0) is 13.0 Å². The van der Waals surface area contributed by atoms with E-state index in [2.05, 4.69) is 37.5 Å². The van der Waals surface area contributed by atoms with E-state index in [1.807, 2.05) is 0 Å². The first-order valence-electron chi connectivity index (χ1n) is 10.2. The molecule has 140 valence electrons. The predicted molar refractivity (Wildman–Crippen MR) is 107 cm³/mol. The number of hydrogen-bond acceptors (Lipinski definition) is 2. The summed E-state index contributed by atoms with van der Waals surface area (Å²) in [6, 6.07) is 4.49. The number of hydrogen-bond donors (Lipinski definition) is 1. The van der Waals surface area contributed by atoms with Crippen molar-refractivity contribution in [3.05, 3.63) is 29.1 Å². The lowest BCUT2D eigenvalue weighted by atomic mass is 10.1. The highest BCUT2D eigenvalue weighted by molar-refractivity contribution is 5.78. The van der Waals surface area contributed by atoms with E-state index in [-0.39, 0.29) is 6.61 Å². The summed E-state index contributed by atoms with van der Waals surface area (Å²) >= 11 is 0. The topological polar surface area (TPSA) is 38.0 Å². The van der Waals surface area contributed by atoms with Crippen LogP contribution in [0.2, 0.25) is 0 Å². The van der Waals surface area contributed by atoms with Crippen LogP contribution in [0, 0.1) is 13.8 Å². The Balaban J connectivity index is 1.96. The van der Waals surface area contributed by atoms with E-state index >= 15 is 0 Å². The second-order valence-corrected chi connectivity index (χ2v) is 7.41. The summed E-state index contributed by atoms with van der Waals surface area (Å²) in [5, 5.41) is 9.18. The average molecular weight is 345 g/mol. The van der Waals surface area contributed by atoms with Gasteiger partial charge in [-0.05, 0) is 49.9 Å². The molecule has 0 bridgehead atoms. The van der Waals surface area contributed by atoms with E-state index in [1.54, 1.807) is 0 Å². The average Bonchev–Trinajstić information content (AvgIpc) is 2.92. The van der Waals surface area contributed by atoms with Crippen LogP contribution in [0.4, 0.5) is 0 Å². The Kier molecular flexibility index (Phi) is 8.47. The third kappa shape index (κ3) is 5.85. The molecule has 0 aliphatic rings. The standard InChI is InChI=1S/C22H36N2O/c1-4-5-6-7-8-9-10-11-14-24-21-17-19(3)18(2)16-20(21)23-22(24)13-12-15-25/h16-17,25H,4-15H2,1-3H3. The Morgan fingerprint density at radius 1 is 0.880 bits per heavy atom. The first kappa shape index (κ1) is 20.0. The number of benzene rings is 1. The molecule has 0 amide bonds. The highest BCUT2D eigenvalue weighted by Gasteiger charge is 2.11. The molecule has 3 nitrogen and oxygen atoms in total. The molecular weight excluding hydrogens is 308 g/mol. The van der Waals surface area contributed by atoms with Crippen molar-refractivity contribution in [2.45, 2.75) is 91.5 Å². The van der Waals surface area contributed by atoms with Crippen molar-refractivity contribution in [3.8, 4) is 0 Å². The van der Waals surface area contributed by atoms with Gasteiger partial charge in [-0.2, -0.15) is 0 Å². The maximum absolute atomic E-state index is 9.18. The van der Waals surface area contributed by atoms with Crippen molar-refractivity contribution in [1.82, 2.24) is 9.55 Å². The summed E-state index contributed by atoms with van der Waals surface area (Å²) in [5.41, 5.74) is 5.01. The fourth-order valence-electron chi connectivity index (χ4n) is 3.51. The second kappa shape index (κ2) is 10.6. The maximum Gasteiger partial charge on any atom is 0.109 e. The fourth-order valence-corrected chi connectivity index (χ4v) is 3.51. The molecule has 0 saturated carbocycles. The zero-order valence-corrected chi connectivity index (χ0v) is 16.5. The Hall–Kier alpha value is -1.35. The summed E-state index contributed by atoms with van der Waals surface area (Å²) in [6.07, 6.45) is 12.4. The summed E-state index contributed by atoms with van der Waals surface area (Å²) in [7, 11) is 0. The second-order valence-electron chi connectivity index (χ2n) is 7.41. The fraction of sp³-hybridized carbons (Fsp3) is 0.682. The molecule has 0 radical (unpaired) electrons. The number of fused-ring (bicyclic) bond motifs is 1. The number of aryl methyl sites for hydroxylation is 4. The van der Waals surface area contributed by atoms with Gasteiger partial charge in [0.15, 0.2) is 0 Å². The van der Waals surface area contributed by atoms with Gasteiger partial charge >= 0.3 is 0 Å². The molecule has 0 aliphatic carbocycles. The largest absolute Gasteiger partial charge is 0.396 e. The van der Waals surface area contributed by atoms with E-state index < -0.39 is 0 Å². The molecule has 3 heteroatoms. The number of aromatic nitrogens is 2. The van der Waals surface area contributed by atoms with Crippen molar-refractivity contribution in [2.75, 3.05) is 6.61 Å². The molecule has 25 heavy (non-hydrogen) atoms. The van der Waals surface area contributed by atoms with Gasteiger partial charge in [-0.3, -0.25) is 0 Å². The maximum atomic E-state index is 9.18. The molecule has 0 atom stereocenters. The highest BCUT2D eigenvalue weighted by Crippen LogP contribution is 2.22. The monoisotopic (exact) mass is 344 g/mol. The van der Waals surface area contributed by atoms with Crippen molar-refractivity contribution >= 4 is 11.0 Å². The molecule has 2 rings (SSSR count). The van der Waals surface area contributed by atoms with Gasteiger partial charge < -0.3 is 9.67 Å². The number of rotatable bonds is 12. The van der Waals surface area contributed by atoms with E-state index in [9.17, 15) is 5.11 Å². The quantitative estimate of drug-likeness (QED) is 0.500. The number of unbranched alkanes of at least 4 members (excludes halogenated alkanes) is 7. The van der Waals surface area contributed by atoms with Crippen LogP contribution in [0.25, 0.3) is 11.0 Å². The first-order chi connectivity index (χ1) is 12.2. The van der Waals surface area contributed by atoms with Crippen LogP contribution in [0.3, 0.4) is 0 Å². The smallest absolute Gasteiger partial charge is 0.109 e. The molecule has 0 fully saturated rings. The van der Waals surface area contributed by atoms with E-state index in [1.165, 1.54) is 68.0 Å². The van der Waals surface area contributed by atoms with Gasteiger partial charge in [0.05, 0.1) is 11.0 Å². The number of imidazole rings is 1. The van der Waals surface area contributed by atoms with Gasteiger partial charge in [0.25, 0.3) is 0 Å².